The van der Waals surface area contributed by atoms with E-state index in [4.69, 9.17) is 0 Å². The number of rotatable bonds is 2. The minimum atomic E-state index is 0.00135. The summed E-state index contributed by atoms with van der Waals surface area (Å²) in [6.45, 7) is 3.38. The molecule has 0 N–H and O–H groups in total. The van der Waals surface area contributed by atoms with Gasteiger partial charge in [-0.1, -0.05) is 42.5 Å². The molecule has 4 nitrogen and oxygen atoms in total. The minimum absolute atomic E-state index is 0.00135. The lowest BCUT2D eigenvalue weighted by Gasteiger charge is -2.26. The number of amides is 1. The van der Waals surface area contributed by atoms with Crippen molar-refractivity contribution in [3.8, 4) is 0 Å². The summed E-state index contributed by atoms with van der Waals surface area (Å²) in [6.07, 6.45) is 4.86. The van der Waals surface area contributed by atoms with Crippen LogP contribution in [0.15, 0.2) is 60.8 Å². The molecule has 0 saturated heterocycles. The van der Waals surface area contributed by atoms with Crippen LogP contribution in [0.1, 0.15) is 28.2 Å². The van der Waals surface area contributed by atoms with Gasteiger partial charge in [-0.25, -0.2) is 4.98 Å². The lowest BCUT2D eigenvalue weighted by Crippen LogP contribution is -2.34. The molecule has 4 heteroatoms. The predicted octanol–water partition coefficient (Wildman–Crippen LogP) is 3.57. The highest BCUT2D eigenvalue weighted by atomic mass is 16.2. The number of hydrogen-bond acceptors (Lipinski definition) is 2. The van der Waals surface area contributed by atoms with E-state index in [0.29, 0.717) is 12.2 Å². The number of fused-ring (bicyclic) bond motifs is 1. The van der Waals surface area contributed by atoms with Crippen LogP contribution in [0.3, 0.4) is 0 Å². The maximum absolute atomic E-state index is 12.7. The van der Waals surface area contributed by atoms with E-state index in [-0.39, 0.29) is 5.91 Å². The van der Waals surface area contributed by atoms with Gasteiger partial charge in [-0.2, -0.15) is 0 Å². The third-order valence-corrected chi connectivity index (χ3v) is 4.56. The smallest absolute Gasteiger partial charge is 0.274 e. The highest BCUT2D eigenvalue weighted by Gasteiger charge is 2.21. The Morgan fingerprint density at radius 1 is 1.08 bits per heavy atom. The molecule has 1 aliphatic rings. The van der Waals surface area contributed by atoms with E-state index < -0.39 is 0 Å². The standard InChI is InChI=1S/C20H19N3O/c1-15-6-5-9-19-21-18(14-23(15)19)20(24)22-12-10-17(11-13-22)16-7-3-2-4-8-16/h2-10,14H,11-13H2,1H3. The molecule has 0 bridgehead atoms. The monoisotopic (exact) mass is 317 g/mol. The van der Waals surface area contributed by atoms with E-state index in [2.05, 4.69) is 23.2 Å². The Morgan fingerprint density at radius 2 is 1.92 bits per heavy atom. The van der Waals surface area contributed by atoms with Gasteiger partial charge in [0, 0.05) is 25.0 Å². The first kappa shape index (κ1) is 14.7. The van der Waals surface area contributed by atoms with Crippen molar-refractivity contribution in [2.75, 3.05) is 13.1 Å². The third kappa shape index (κ3) is 2.60. The summed E-state index contributed by atoms with van der Waals surface area (Å²) in [7, 11) is 0. The first-order chi connectivity index (χ1) is 11.7. The zero-order valence-corrected chi connectivity index (χ0v) is 13.6. The molecule has 1 amide bonds. The van der Waals surface area contributed by atoms with Gasteiger partial charge >= 0.3 is 0 Å². The fraction of sp³-hybridized carbons (Fsp3) is 0.200. The second-order valence-corrected chi connectivity index (χ2v) is 6.12. The molecule has 0 unspecified atom stereocenters. The Kier molecular flexibility index (Phi) is 3.65. The van der Waals surface area contributed by atoms with E-state index in [9.17, 15) is 4.79 Å². The number of aromatic nitrogens is 2. The Balaban J connectivity index is 1.55. The van der Waals surface area contributed by atoms with E-state index in [1.807, 2.05) is 58.8 Å². The number of carbonyl (C=O) groups excluding carboxylic acids is 1. The molecule has 3 aromatic rings. The Labute approximate surface area is 141 Å². The predicted molar refractivity (Wildman–Crippen MR) is 94.9 cm³/mol. The van der Waals surface area contributed by atoms with Crippen LogP contribution in [0.4, 0.5) is 0 Å². The van der Waals surface area contributed by atoms with Crippen molar-refractivity contribution >= 4 is 17.1 Å². The Morgan fingerprint density at radius 3 is 2.62 bits per heavy atom. The van der Waals surface area contributed by atoms with Gasteiger partial charge < -0.3 is 9.30 Å². The van der Waals surface area contributed by atoms with Crippen LogP contribution in [-0.2, 0) is 0 Å². The van der Waals surface area contributed by atoms with Crippen LogP contribution in [0.25, 0.3) is 11.2 Å². The van der Waals surface area contributed by atoms with E-state index >= 15 is 0 Å². The molecule has 3 heterocycles. The maximum Gasteiger partial charge on any atom is 0.274 e. The molecule has 0 atom stereocenters. The van der Waals surface area contributed by atoms with Gasteiger partial charge in [-0.15, -0.1) is 0 Å². The van der Waals surface area contributed by atoms with E-state index in [0.717, 1.165) is 24.3 Å². The number of hydrogen-bond donors (Lipinski definition) is 0. The van der Waals surface area contributed by atoms with Gasteiger partial charge in [0.1, 0.15) is 11.3 Å². The lowest BCUT2D eigenvalue weighted by atomic mass is 9.99. The third-order valence-electron chi connectivity index (χ3n) is 4.56. The zero-order valence-electron chi connectivity index (χ0n) is 13.6. The van der Waals surface area contributed by atoms with Crippen molar-refractivity contribution in [1.29, 1.82) is 0 Å². The van der Waals surface area contributed by atoms with Crippen LogP contribution in [0, 0.1) is 6.92 Å². The summed E-state index contributed by atoms with van der Waals surface area (Å²) in [5, 5.41) is 0. The molecular formula is C20H19N3O. The number of benzene rings is 1. The van der Waals surface area contributed by atoms with Crippen LogP contribution in [0.2, 0.25) is 0 Å². The first-order valence-electron chi connectivity index (χ1n) is 8.21. The number of nitrogens with zero attached hydrogens (tertiary/aromatic N) is 3. The largest absolute Gasteiger partial charge is 0.333 e. The van der Waals surface area contributed by atoms with E-state index in [1.165, 1.54) is 11.1 Å². The molecule has 0 spiro atoms. The van der Waals surface area contributed by atoms with Crippen LogP contribution >= 0.6 is 0 Å². The van der Waals surface area contributed by atoms with Crippen molar-refractivity contribution in [2.45, 2.75) is 13.3 Å². The number of aryl methyl sites for hydroxylation is 1. The SMILES string of the molecule is Cc1cccc2nc(C(=O)N3CC=C(c4ccccc4)CC3)cn12. The van der Waals surface area contributed by atoms with Gasteiger partial charge in [-0.05, 0) is 36.6 Å². The average molecular weight is 317 g/mol. The molecule has 0 aliphatic carbocycles. The van der Waals surface area contributed by atoms with Gasteiger partial charge in [0.15, 0.2) is 0 Å². The number of pyridine rings is 1. The topological polar surface area (TPSA) is 37.6 Å². The highest BCUT2D eigenvalue weighted by molar-refractivity contribution is 5.93. The maximum atomic E-state index is 12.7. The lowest BCUT2D eigenvalue weighted by molar-refractivity contribution is 0.0767. The fourth-order valence-electron chi connectivity index (χ4n) is 3.18. The van der Waals surface area contributed by atoms with Gasteiger partial charge in [0.2, 0.25) is 0 Å². The van der Waals surface area contributed by atoms with E-state index in [1.54, 1.807) is 0 Å². The molecule has 120 valence electrons. The zero-order chi connectivity index (χ0) is 16.5. The minimum Gasteiger partial charge on any atom is -0.333 e. The van der Waals surface area contributed by atoms with Crippen molar-refractivity contribution < 1.29 is 4.79 Å². The van der Waals surface area contributed by atoms with Crippen molar-refractivity contribution in [3.63, 3.8) is 0 Å². The van der Waals surface area contributed by atoms with Gasteiger partial charge in [-0.3, -0.25) is 4.79 Å². The fourth-order valence-corrected chi connectivity index (χ4v) is 3.18. The van der Waals surface area contributed by atoms with Crippen molar-refractivity contribution in [2.24, 2.45) is 0 Å². The molecular weight excluding hydrogens is 298 g/mol. The van der Waals surface area contributed by atoms with Crippen LogP contribution < -0.4 is 0 Å². The molecule has 2 aromatic heterocycles. The highest BCUT2D eigenvalue weighted by Crippen LogP contribution is 2.23. The second kappa shape index (κ2) is 5.96. The van der Waals surface area contributed by atoms with Crippen LogP contribution in [-0.4, -0.2) is 33.3 Å². The Bertz CT molecular complexity index is 924. The molecule has 24 heavy (non-hydrogen) atoms. The summed E-state index contributed by atoms with van der Waals surface area (Å²) in [5.74, 6) is 0.00135. The van der Waals surface area contributed by atoms with Crippen molar-refractivity contribution in [1.82, 2.24) is 14.3 Å². The van der Waals surface area contributed by atoms with Crippen LogP contribution in [0.5, 0.6) is 0 Å². The molecule has 1 aromatic carbocycles. The second-order valence-electron chi connectivity index (χ2n) is 6.12. The molecule has 0 saturated carbocycles. The molecule has 0 radical (unpaired) electrons. The quantitative estimate of drug-likeness (QED) is 0.724. The first-order valence-corrected chi connectivity index (χ1v) is 8.21. The summed E-state index contributed by atoms with van der Waals surface area (Å²) in [5.41, 5.74) is 4.96. The summed E-state index contributed by atoms with van der Waals surface area (Å²) < 4.78 is 1.96. The summed E-state index contributed by atoms with van der Waals surface area (Å²) in [6, 6.07) is 16.3. The Hall–Kier alpha value is -2.88. The normalized spacial score (nSPS) is 14.7. The molecule has 1 aliphatic heterocycles. The van der Waals surface area contributed by atoms with Crippen molar-refractivity contribution in [3.05, 3.63) is 77.8 Å². The van der Waals surface area contributed by atoms with Gasteiger partial charge in [0.05, 0.1) is 0 Å². The number of carbonyl (C=O) groups is 1. The molecule has 4 rings (SSSR count). The van der Waals surface area contributed by atoms with Gasteiger partial charge in [0.25, 0.3) is 5.91 Å². The average Bonchev–Trinajstić information content (AvgIpc) is 3.08. The number of imidazole rings is 1. The summed E-state index contributed by atoms with van der Waals surface area (Å²) in [4.78, 5) is 19.1. The summed E-state index contributed by atoms with van der Waals surface area (Å²) >= 11 is 0. The molecule has 0 fully saturated rings.